The number of para-hydroxylation sites is 1. The number of carbonyl (C=O) groups is 2. The van der Waals surface area contributed by atoms with Crippen molar-refractivity contribution in [3.8, 4) is 0 Å². The Bertz CT molecular complexity index is 970. The van der Waals surface area contributed by atoms with Crippen LogP contribution in [0.4, 0.5) is 4.39 Å². The zero-order valence-corrected chi connectivity index (χ0v) is 15.5. The highest BCUT2D eigenvalue weighted by Crippen LogP contribution is 2.20. The number of halogens is 2. The first-order valence-corrected chi connectivity index (χ1v) is 8.67. The van der Waals surface area contributed by atoms with Crippen molar-refractivity contribution in [2.24, 2.45) is 0 Å². The summed E-state index contributed by atoms with van der Waals surface area (Å²) in [7, 11) is 1.26. The van der Waals surface area contributed by atoms with E-state index >= 15 is 0 Å². The number of nitrogens with one attached hydrogen (secondary N) is 2. The molecule has 0 unspecified atom stereocenters. The van der Waals surface area contributed by atoms with Crippen LogP contribution >= 0.6 is 15.9 Å². The highest BCUT2D eigenvalue weighted by atomic mass is 79.9. The van der Waals surface area contributed by atoms with Gasteiger partial charge in [-0.2, -0.15) is 0 Å². The van der Waals surface area contributed by atoms with Gasteiger partial charge in [-0.25, -0.2) is 9.18 Å². The van der Waals surface area contributed by atoms with Gasteiger partial charge < -0.3 is 15.0 Å². The smallest absolute Gasteiger partial charge is 0.328 e. The van der Waals surface area contributed by atoms with Crippen LogP contribution in [0.1, 0.15) is 15.9 Å². The van der Waals surface area contributed by atoms with E-state index in [1.807, 2.05) is 24.3 Å². The van der Waals surface area contributed by atoms with Gasteiger partial charge in [-0.05, 0) is 45.8 Å². The van der Waals surface area contributed by atoms with Crippen molar-refractivity contribution in [1.29, 1.82) is 0 Å². The van der Waals surface area contributed by atoms with Gasteiger partial charge in [0.05, 0.1) is 11.6 Å². The largest absolute Gasteiger partial charge is 0.467 e. The van der Waals surface area contributed by atoms with Gasteiger partial charge in [0.25, 0.3) is 5.91 Å². The molecule has 1 aromatic heterocycles. The van der Waals surface area contributed by atoms with Crippen LogP contribution in [0.25, 0.3) is 10.9 Å². The Morgan fingerprint density at radius 2 is 2.04 bits per heavy atom. The van der Waals surface area contributed by atoms with Gasteiger partial charge in [0, 0.05) is 29.1 Å². The van der Waals surface area contributed by atoms with Crippen LogP contribution in [0.5, 0.6) is 0 Å². The third-order valence-corrected chi connectivity index (χ3v) is 4.71. The third-order valence-electron chi connectivity index (χ3n) is 4.07. The van der Waals surface area contributed by atoms with Crippen molar-refractivity contribution in [2.45, 2.75) is 12.5 Å². The maximum atomic E-state index is 13.7. The van der Waals surface area contributed by atoms with Crippen LogP contribution in [-0.2, 0) is 16.0 Å². The van der Waals surface area contributed by atoms with E-state index in [0.29, 0.717) is 0 Å². The molecule has 0 spiro atoms. The summed E-state index contributed by atoms with van der Waals surface area (Å²) < 4.78 is 18.7. The zero-order chi connectivity index (χ0) is 18.7. The van der Waals surface area contributed by atoms with Crippen molar-refractivity contribution in [3.63, 3.8) is 0 Å². The van der Waals surface area contributed by atoms with Gasteiger partial charge >= 0.3 is 5.97 Å². The van der Waals surface area contributed by atoms with Crippen LogP contribution in [0, 0.1) is 5.82 Å². The molecule has 0 saturated heterocycles. The number of rotatable bonds is 5. The van der Waals surface area contributed by atoms with Gasteiger partial charge in [-0.1, -0.05) is 18.2 Å². The molecule has 1 amide bonds. The summed E-state index contributed by atoms with van der Waals surface area (Å²) in [4.78, 5) is 27.7. The standard InChI is InChI=1S/C19H16BrFN2O3/c1-26-19(25)17(9-12-10-22-16-5-3-2-4-13(12)16)23-18(24)11-6-7-14(20)15(21)8-11/h2-8,10,17,22H,9H2,1H3,(H,23,24)/t17-/m1/s1. The van der Waals surface area contributed by atoms with Crippen LogP contribution < -0.4 is 5.32 Å². The first kappa shape index (κ1) is 18.1. The Hall–Kier alpha value is -2.67. The van der Waals surface area contributed by atoms with E-state index in [1.165, 1.54) is 19.2 Å². The summed E-state index contributed by atoms with van der Waals surface area (Å²) in [6.45, 7) is 0. The molecular weight excluding hydrogens is 403 g/mol. The Balaban J connectivity index is 1.83. The summed E-state index contributed by atoms with van der Waals surface area (Å²) in [6.07, 6.45) is 2.05. The van der Waals surface area contributed by atoms with Gasteiger partial charge in [0.15, 0.2) is 0 Å². The van der Waals surface area contributed by atoms with Gasteiger partial charge in [0.2, 0.25) is 0 Å². The minimum Gasteiger partial charge on any atom is -0.467 e. The fourth-order valence-corrected chi connectivity index (χ4v) is 2.98. The third kappa shape index (κ3) is 3.77. The number of hydrogen-bond acceptors (Lipinski definition) is 3. The molecule has 0 aliphatic heterocycles. The van der Waals surface area contributed by atoms with E-state index in [0.717, 1.165) is 22.5 Å². The van der Waals surface area contributed by atoms with Crippen molar-refractivity contribution in [3.05, 3.63) is 70.1 Å². The zero-order valence-electron chi connectivity index (χ0n) is 13.9. The van der Waals surface area contributed by atoms with Gasteiger partial charge in [-0.15, -0.1) is 0 Å². The molecule has 134 valence electrons. The van der Waals surface area contributed by atoms with E-state index in [-0.39, 0.29) is 16.5 Å². The molecule has 0 aliphatic rings. The Kier molecular flexibility index (Phi) is 5.37. The Morgan fingerprint density at radius 3 is 2.77 bits per heavy atom. The molecule has 0 saturated carbocycles. The highest BCUT2D eigenvalue weighted by molar-refractivity contribution is 9.10. The lowest BCUT2D eigenvalue weighted by Gasteiger charge is -2.16. The quantitative estimate of drug-likeness (QED) is 0.622. The van der Waals surface area contributed by atoms with Gasteiger partial charge in [-0.3, -0.25) is 4.79 Å². The van der Waals surface area contributed by atoms with Crippen LogP contribution in [0.15, 0.2) is 53.1 Å². The average molecular weight is 419 g/mol. The second-order valence-electron chi connectivity index (χ2n) is 5.74. The highest BCUT2D eigenvalue weighted by Gasteiger charge is 2.24. The van der Waals surface area contributed by atoms with Gasteiger partial charge in [0.1, 0.15) is 11.9 Å². The van der Waals surface area contributed by atoms with Crippen molar-refractivity contribution in [2.75, 3.05) is 7.11 Å². The molecule has 5 nitrogen and oxygen atoms in total. The molecule has 1 heterocycles. The second kappa shape index (κ2) is 7.70. The van der Waals surface area contributed by atoms with E-state index < -0.39 is 23.7 Å². The number of aromatic nitrogens is 1. The monoisotopic (exact) mass is 418 g/mol. The number of ether oxygens (including phenoxy) is 1. The van der Waals surface area contributed by atoms with Crippen molar-refractivity contribution in [1.82, 2.24) is 10.3 Å². The predicted molar refractivity (Wildman–Crippen MR) is 99.4 cm³/mol. The number of H-pyrrole nitrogens is 1. The molecule has 3 aromatic rings. The second-order valence-corrected chi connectivity index (χ2v) is 6.60. The molecule has 0 radical (unpaired) electrons. The summed E-state index contributed by atoms with van der Waals surface area (Å²) in [5, 5.41) is 3.59. The summed E-state index contributed by atoms with van der Waals surface area (Å²) >= 11 is 3.04. The number of hydrogen-bond donors (Lipinski definition) is 2. The fourth-order valence-electron chi connectivity index (χ4n) is 2.73. The van der Waals surface area contributed by atoms with E-state index in [4.69, 9.17) is 4.74 Å². The fraction of sp³-hybridized carbons (Fsp3) is 0.158. The summed E-state index contributed by atoms with van der Waals surface area (Å²) in [5.74, 6) is -1.67. The number of aromatic amines is 1. The van der Waals surface area contributed by atoms with E-state index in [9.17, 15) is 14.0 Å². The topological polar surface area (TPSA) is 71.2 Å². The number of amides is 1. The molecule has 3 rings (SSSR count). The van der Waals surface area contributed by atoms with Crippen molar-refractivity contribution >= 4 is 38.7 Å². The van der Waals surface area contributed by atoms with E-state index in [1.54, 1.807) is 6.20 Å². The Morgan fingerprint density at radius 1 is 1.27 bits per heavy atom. The number of carbonyl (C=O) groups excluding carboxylic acids is 2. The summed E-state index contributed by atoms with van der Waals surface area (Å²) in [5.41, 5.74) is 1.93. The van der Waals surface area contributed by atoms with Crippen LogP contribution in [-0.4, -0.2) is 30.0 Å². The SMILES string of the molecule is COC(=O)[C@@H](Cc1c[nH]c2ccccc12)NC(=O)c1ccc(Br)c(F)c1. The number of fused-ring (bicyclic) bond motifs is 1. The molecule has 2 N–H and O–H groups in total. The lowest BCUT2D eigenvalue weighted by atomic mass is 10.0. The molecule has 2 aromatic carbocycles. The minimum atomic E-state index is -0.890. The molecule has 7 heteroatoms. The lowest BCUT2D eigenvalue weighted by Crippen LogP contribution is -2.43. The first-order valence-electron chi connectivity index (χ1n) is 7.88. The molecular formula is C19H16BrFN2O3. The minimum absolute atomic E-state index is 0.124. The molecule has 0 bridgehead atoms. The molecule has 1 atom stereocenters. The molecule has 0 aliphatic carbocycles. The van der Waals surface area contributed by atoms with Crippen LogP contribution in [0.2, 0.25) is 0 Å². The number of methoxy groups -OCH3 is 1. The van der Waals surface area contributed by atoms with Crippen molar-refractivity contribution < 1.29 is 18.7 Å². The number of esters is 1. The number of benzene rings is 2. The van der Waals surface area contributed by atoms with Crippen LogP contribution in [0.3, 0.4) is 0 Å². The molecule has 0 fully saturated rings. The molecule has 26 heavy (non-hydrogen) atoms. The van der Waals surface area contributed by atoms with E-state index in [2.05, 4.69) is 26.2 Å². The predicted octanol–water partition coefficient (Wildman–Crippen LogP) is 3.58. The first-order chi connectivity index (χ1) is 12.5. The maximum absolute atomic E-state index is 13.7. The lowest BCUT2D eigenvalue weighted by molar-refractivity contribution is -0.142. The Labute approximate surface area is 157 Å². The average Bonchev–Trinajstić information content (AvgIpc) is 3.05. The normalized spacial score (nSPS) is 12.0. The summed E-state index contributed by atoms with van der Waals surface area (Å²) in [6, 6.07) is 10.8. The maximum Gasteiger partial charge on any atom is 0.328 e.